The molecule has 0 aliphatic carbocycles. The van der Waals surface area contributed by atoms with Crippen molar-refractivity contribution in [3.8, 4) is 5.75 Å². The number of guanidine groups is 1. The molecule has 148 valence electrons. The zero-order chi connectivity index (χ0) is 20.3. The number of likely N-dealkylation sites (tertiary alicyclic amines) is 1. The number of amides is 2. The fraction of sp³-hybridized carbons (Fsp3) is 0.368. The summed E-state index contributed by atoms with van der Waals surface area (Å²) in [6.07, 6.45) is 3.22. The third-order valence-electron chi connectivity index (χ3n) is 5.00. The minimum absolute atomic E-state index is 0.0385. The quantitative estimate of drug-likeness (QED) is 0.534. The van der Waals surface area contributed by atoms with Gasteiger partial charge in [-0.2, -0.15) is 10.1 Å². The van der Waals surface area contributed by atoms with Crippen LogP contribution in [0.2, 0.25) is 0 Å². The summed E-state index contributed by atoms with van der Waals surface area (Å²) in [5.74, 6) is -0.156. The highest BCUT2D eigenvalue weighted by Gasteiger charge is 2.27. The number of nitrogens with zero attached hydrogens (tertiary/aromatic N) is 3. The number of H-pyrrole nitrogens is 1. The van der Waals surface area contributed by atoms with Gasteiger partial charge in [-0.15, -0.1) is 0 Å². The Morgan fingerprint density at radius 3 is 2.57 bits per heavy atom. The van der Waals surface area contributed by atoms with Crippen molar-refractivity contribution in [1.29, 1.82) is 0 Å². The molecule has 9 heteroatoms. The van der Waals surface area contributed by atoms with Gasteiger partial charge in [0.15, 0.2) is 5.96 Å². The van der Waals surface area contributed by atoms with E-state index in [4.69, 9.17) is 16.2 Å². The molecule has 0 spiro atoms. The van der Waals surface area contributed by atoms with Gasteiger partial charge in [0.25, 0.3) is 11.8 Å². The van der Waals surface area contributed by atoms with Crippen LogP contribution in [0.3, 0.4) is 0 Å². The first kappa shape index (κ1) is 19.4. The van der Waals surface area contributed by atoms with Crippen LogP contribution in [-0.2, 0) is 0 Å². The third-order valence-corrected chi connectivity index (χ3v) is 5.00. The summed E-state index contributed by atoms with van der Waals surface area (Å²) in [6.45, 7) is 3.25. The number of carbonyl (C=O) groups excluding carboxylic acids is 2. The van der Waals surface area contributed by atoms with E-state index in [1.807, 2.05) is 17.9 Å². The summed E-state index contributed by atoms with van der Waals surface area (Å²) in [4.78, 5) is 30.1. The Bertz CT molecular complexity index is 895. The maximum atomic E-state index is 12.4. The molecule has 1 aromatic carbocycles. The maximum absolute atomic E-state index is 12.4. The van der Waals surface area contributed by atoms with Crippen LogP contribution in [-0.4, -0.2) is 53.1 Å². The summed E-state index contributed by atoms with van der Waals surface area (Å²) in [5.41, 5.74) is 13.5. The zero-order valence-electron chi connectivity index (χ0n) is 15.9. The molecule has 1 aliphatic heterocycles. The summed E-state index contributed by atoms with van der Waals surface area (Å²) < 4.78 is 5.40. The number of carbonyl (C=O) groups is 2. The Balaban J connectivity index is 1.77. The number of nitrogens with two attached hydrogens (primary N) is 2. The van der Waals surface area contributed by atoms with Gasteiger partial charge >= 0.3 is 0 Å². The van der Waals surface area contributed by atoms with Gasteiger partial charge in [0, 0.05) is 19.3 Å². The molecule has 9 nitrogen and oxygen atoms in total. The molecule has 1 saturated heterocycles. The van der Waals surface area contributed by atoms with Crippen molar-refractivity contribution in [2.24, 2.45) is 16.5 Å². The van der Waals surface area contributed by atoms with E-state index in [-0.39, 0.29) is 17.8 Å². The summed E-state index contributed by atoms with van der Waals surface area (Å²) in [5, 5.41) is 6.55. The number of ether oxygens (including phenoxy) is 1. The molecule has 0 bridgehead atoms. The first-order valence-corrected chi connectivity index (χ1v) is 9.01. The highest BCUT2D eigenvalue weighted by Crippen LogP contribution is 2.35. The number of aliphatic imine (C=N–C) groups is 1. The van der Waals surface area contributed by atoms with Crippen LogP contribution < -0.4 is 16.2 Å². The number of aromatic nitrogens is 2. The third kappa shape index (κ3) is 3.98. The minimum atomic E-state index is -0.536. The molecule has 2 aromatic rings. The van der Waals surface area contributed by atoms with Crippen LogP contribution in [0.4, 0.5) is 0 Å². The summed E-state index contributed by atoms with van der Waals surface area (Å²) in [6, 6.07) is 5.31. The van der Waals surface area contributed by atoms with Gasteiger partial charge in [0.1, 0.15) is 11.4 Å². The Morgan fingerprint density at radius 1 is 1.29 bits per heavy atom. The first-order chi connectivity index (χ1) is 13.4. The average molecular weight is 384 g/mol. The van der Waals surface area contributed by atoms with E-state index in [1.54, 1.807) is 18.3 Å². The number of benzene rings is 1. The predicted octanol–water partition coefficient (Wildman–Crippen LogP) is 1.16. The molecule has 28 heavy (non-hydrogen) atoms. The van der Waals surface area contributed by atoms with Crippen molar-refractivity contribution in [3.05, 3.63) is 46.8 Å². The normalized spacial score (nSPS) is 14.6. The Morgan fingerprint density at radius 2 is 2.00 bits per heavy atom. The standard InChI is InChI=1S/C19H24N6O3/c1-11-9-14(17(26)23-19(20)21)16(28-2)10-13(11)12-4-7-25(8-5-12)18(27)15-3-6-22-24-15/h3,6,9-10,12H,4-5,7-8H2,1-2H3,(H,22,24)(H4,20,21,23,26). The van der Waals surface area contributed by atoms with E-state index in [9.17, 15) is 9.59 Å². The molecule has 1 fully saturated rings. The highest BCUT2D eigenvalue weighted by molar-refractivity contribution is 6.03. The lowest BCUT2D eigenvalue weighted by Crippen LogP contribution is -2.38. The van der Waals surface area contributed by atoms with Crippen LogP contribution in [0.25, 0.3) is 0 Å². The second-order valence-electron chi connectivity index (χ2n) is 6.79. The minimum Gasteiger partial charge on any atom is -0.496 e. The zero-order valence-corrected chi connectivity index (χ0v) is 15.9. The van der Waals surface area contributed by atoms with E-state index < -0.39 is 5.91 Å². The largest absolute Gasteiger partial charge is 0.496 e. The Kier molecular flexibility index (Phi) is 5.62. The Labute approximate surface area is 162 Å². The van der Waals surface area contributed by atoms with Crippen LogP contribution in [0.1, 0.15) is 50.7 Å². The monoisotopic (exact) mass is 384 g/mol. The average Bonchev–Trinajstić information content (AvgIpc) is 3.21. The van der Waals surface area contributed by atoms with E-state index in [2.05, 4.69) is 15.2 Å². The summed E-state index contributed by atoms with van der Waals surface area (Å²) in [7, 11) is 1.51. The lowest BCUT2D eigenvalue weighted by Gasteiger charge is -2.32. The van der Waals surface area contributed by atoms with Gasteiger partial charge in [0.05, 0.1) is 12.7 Å². The Hall–Kier alpha value is -3.36. The molecule has 3 rings (SSSR count). The van der Waals surface area contributed by atoms with Crippen LogP contribution in [0, 0.1) is 6.92 Å². The number of aromatic amines is 1. The SMILES string of the molecule is COc1cc(C2CCN(C(=O)c3ccn[nH]3)CC2)c(C)cc1C(=O)N=C(N)N. The molecule has 5 N–H and O–H groups in total. The van der Waals surface area contributed by atoms with Gasteiger partial charge in [-0.1, -0.05) is 0 Å². The number of hydrogen-bond donors (Lipinski definition) is 3. The first-order valence-electron chi connectivity index (χ1n) is 9.01. The van der Waals surface area contributed by atoms with Crippen molar-refractivity contribution in [3.63, 3.8) is 0 Å². The molecule has 2 amide bonds. The van der Waals surface area contributed by atoms with Gasteiger partial charge in [-0.25, -0.2) is 0 Å². The fourth-order valence-corrected chi connectivity index (χ4v) is 3.60. The molecule has 1 aromatic heterocycles. The topological polar surface area (TPSA) is 140 Å². The van der Waals surface area contributed by atoms with E-state index in [0.29, 0.717) is 30.1 Å². The molecular formula is C19H24N6O3. The van der Waals surface area contributed by atoms with Crippen molar-refractivity contribution < 1.29 is 14.3 Å². The fourth-order valence-electron chi connectivity index (χ4n) is 3.60. The lowest BCUT2D eigenvalue weighted by molar-refractivity contribution is 0.0706. The van der Waals surface area contributed by atoms with Crippen molar-refractivity contribution >= 4 is 17.8 Å². The van der Waals surface area contributed by atoms with E-state index in [1.165, 1.54) is 7.11 Å². The predicted molar refractivity (Wildman–Crippen MR) is 104 cm³/mol. The van der Waals surface area contributed by atoms with Gasteiger partial charge in [-0.3, -0.25) is 14.7 Å². The molecule has 0 unspecified atom stereocenters. The number of aryl methyl sites for hydroxylation is 1. The maximum Gasteiger partial charge on any atom is 0.283 e. The second-order valence-corrected chi connectivity index (χ2v) is 6.79. The van der Waals surface area contributed by atoms with Crippen molar-refractivity contribution in [2.45, 2.75) is 25.7 Å². The molecule has 0 saturated carbocycles. The number of rotatable bonds is 4. The van der Waals surface area contributed by atoms with Gasteiger partial charge in [-0.05, 0) is 55.0 Å². The number of nitrogens with one attached hydrogen (secondary N) is 1. The molecule has 0 radical (unpaired) electrons. The number of methoxy groups -OCH3 is 1. The van der Waals surface area contributed by atoms with Crippen LogP contribution in [0.15, 0.2) is 29.4 Å². The van der Waals surface area contributed by atoms with Crippen LogP contribution in [0.5, 0.6) is 5.75 Å². The summed E-state index contributed by atoms with van der Waals surface area (Å²) >= 11 is 0. The smallest absolute Gasteiger partial charge is 0.283 e. The van der Waals surface area contributed by atoms with Gasteiger partial charge < -0.3 is 21.1 Å². The highest BCUT2D eigenvalue weighted by atomic mass is 16.5. The molecular weight excluding hydrogens is 360 g/mol. The van der Waals surface area contributed by atoms with E-state index in [0.717, 1.165) is 24.0 Å². The molecule has 1 aliphatic rings. The van der Waals surface area contributed by atoms with E-state index >= 15 is 0 Å². The van der Waals surface area contributed by atoms with Gasteiger partial charge in [0.2, 0.25) is 0 Å². The number of hydrogen-bond acceptors (Lipinski definition) is 4. The lowest BCUT2D eigenvalue weighted by atomic mass is 9.85. The van der Waals surface area contributed by atoms with Crippen molar-refractivity contribution in [2.75, 3.05) is 20.2 Å². The molecule has 0 atom stereocenters. The number of piperidine rings is 1. The second kappa shape index (κ2) is 8.12. The molecule has 2 heterocycles. The van der Waals surface area contributed by atoms with Crippen LogP contribution >= 0.6 is 0 Å². The van der Waals surface area contributed by atoms with Crippen molar-refractivity contribution in [1.82, 2.24) is 15.1 Å².